The maximum Gasteiger partial charge on any atom is 0.338 e. The molecule has 156 valence electrons. The molecule has 3 aromatic carbocycles. The van der Waals surface area contributed by atoms with Gasteiger partial charge < -0.3 is 14.0 Å². The molecule has 0 aliphatic heterocycles. The summed E-state index contributed by atoms with van der Waals surface area (Å²) in [6.45, 7) is 4.25. The molecular weight excluding hydrogens is 390 g/mol. The molecule has 0 N–H and O–H groups in total. The number of aryl methyl sites for hydroxylation is 2. The Hall–Kier alpha value is -3.86. The van der Waals surface area contributed by atoms with E-state index in [1.165, 1.54) is 0 Å². The fourth-order valence-electron chi connectivity index (χ4n) is 3.23. The third kappa shape index (κ3) is 5.01. The minimum atomic E-state index is -0.394. The van der Waals surface area contributed by atoms with E-state index < -0.39 is 5.97 Å². The summed E-state index contributed by atoms with van der Waals surface area (Å²) in [6, 6.07) is 25.1. The van der Waals surface area contributed by atoms with E-state index in [2.05, 4.69) is 17.3 Å². The number of esters is 1. The third-order valence-corrected chi connectivity index (χ3v) is 5.07. The smallest absolute Gasteiger partial charge is 0.338 e. The number of hydrogen-bond donors (Lipinski definition) is 0. The summed E-state index contributed by atoms with van der Waals surface area (Å²) < 4.78 is 16.4. The summed E-state index contributed by atoms with van der Waals surface area (Å²) in [5, 5.41) is 3.92. The first-order valence-corrected chi connectivity index (χ1v) is 10.1. The molecule has 0 bridgehead atoms. The van der Waals surface area contributed by atoms with Crippen LogP contribution >= 0.6 is 0 Å². The lowest BCUT2D eigenvalue weighted by atomic mass is 10.0. The van der Waals surface area contributed by atoms with Gasteiger partial charge in [-0.25, -0.2) is 4.79 Å². The van der Waals surface area contributed by atoms with Gasteiger partial charge in [-0.2, -0.15) is 0 Å². The average molecular weight is 413 g/mol. The number of ether oxygens (including phenoxy) is 2. The number of rotatable bonds is 7. The molecule has 0 aliphatic carbocycles. The molecule has 4 aromatic rings. The zero-order chi connectivity index (χ0) is 21.6. The van der Waals surface area contributed by atoms with Crippen molar-refractivity contribution in [3.05, 3.63) is 107 Å². The summed E-state index contributed by atoms with van der Waals surface area (Å²) >= 11 is 0. The number of hydrogen-bond acceptors (Lipinski definition) is 5. The molecule has 0 aliphatic rings. The monoisotopic (exact) mass is 413 g/mol. The fourth-order valence-corrected chi connectivity index (χ4v) is 3.23. The second-order valence-corrected chi connectivity index (χ2v) is 7.26. The van der Waals surface area contributed by atoms with Crippen molar-refractivity contribution in [3.8, 4) is 16.9 Å². The predicted molar refractivity (Wildman–Crippen MR) is 118 cm³/mol. The van der Waals surface area contributed by atoms with Crippen molar-refractivity contribution in [2.24, 2.45) is 0 Å². The first-order valence-electron chi connectivity index (χ1n) is 10.1. The second kappa shape index (κ2) is 9.30. The van der Waals surface area contributed by atoms with Gasteiger partial charge in [0.15, 0.2) is 0 Å². The van der Waals surface area contributed by atoms with Crippen LogP contribution in [0.5, 0.6) is 5.75 Å². The first kappa shape index (κ1) is 20.4. The van der Waals surface area contributed by atoms with Crippen LogP contribution in [0.4, 0.5) is 0 Å². The van der Waals surface area contributed by atoms with E-state index in [0.717, 1.165) is 33.7 Å². The van der Waals surface area contributed by atoms with Gasteiger partial charge in [-0.1, -0.05) is 65.8 Å². The average Bonchev–Trinajstić information content (AvgIpc) is 3.14. The third-order valence-electron chi connectivity index (χ3n) is 5.07. The number of nitrogens with zero attached hydrogens (tertiary/aromatic N) is 1. The quantitative estimate of drug-likeness (QED) is 0.353. The van der Waals surface area contributed by atoms with Crippen LogP contribution in [0.15, 0.2) is 83.4 Å². The summed E-state index contributed by atoms with van der Waals surface area (Å²) in [6.07, 6.45) is 0. The SMILES string of the molecule is Cc1noc(C)c1COc1cccc(C(=O)OCc2ccc(-c3ccccc3)cc2)c1. The van der Waals surface area contributed by atoms with Crippen LogP contribution in [0.2, 0.25) is 0 Å². The lowest BCUT2D eigenvalue weighted by molar-refractivity contribution is 0.0472. The number of carbonyl (C=O) groups excluding carboxylic acids is 1. The Balaban J connectivity index is 1.35. The van der Waals surface area contributed by atoms with E-state index in [9.17, 15) is 4.79 Å². The fraction of sp³-hybridized carbons (Fsp3) is 0.154. The Bertz CT molecular complexity index is 1140. The van der Waals surface area contributed by atoms with Crippen LogP contribution in [-0.2, 0) is 18.0 Å². The molecule has 4 rings (SSSR count). The van der Waals surface area contributed by atoms with Gasteiger partial charge in [0.1, 0.15) is 24.7 Å². The van der Waals surface area contributed by atoms with Gasteiger partial charge in [-0.15, -0.1) is 0 Å². The lowest BCUT2D eigenvalue weighted by Crippen LogP contribution is -2.06. The molecule has 0 spiro atoms. The highest BCUT2D eigenvalue weighted by molar-refractivity contribution is 5.89. The number of aromatic nitrogens is 1. The van der Waals surface area contributed by atoms with E-state index >= 15 is 0 Å². The van der Waals surface area contributed by atoms with Crippen LogP contribution < -0.4 is 4.74 Å². The van der Waals surface area contributed by atoms with Gasteiger partial charge in [-0.05, 0) is 48.7 Å². The molecule has 5 nitrogen and oxygen atoms in total. The van der Waals surface area contributed by atoms with E-state index in [1.54, 1.807) is 24.3 Å². The Morgan fingerprint density at radius 1 is 0.871 bits per heavy atom. The lowest BCUT2D eigenvalue weighted by Gasteiger charge is -2.09. The van der Waals surface area contributed by atoms with Crippen molar-refractivity contribution in [3.63, 3.8) is 0 Å². The number of benzene rings is 3. The van der Waals surface area contributed by atoms with Crippen LogP contribution in [0.25, 0.3) is 11.1 Å². The van der Waals surface area contributed by atoms with Gasteiger partial charge in [0.05, 0.1) is 16.8 Å². The molecule has 0 unspecified atom stereocenters. The predicted octanol–water partition coefficient (Wildman–Crippen LogP) is 5.89. The van der Waals surface area contributed by atoms with Gasteiger partial charge in [0.25, 0.3) is 0 Å². The molecule has 0 amide bonds. The minimum absolute atomic E-state index is 0.206. The van der Waals surface area contributed by atoms with E-state index in [0.29, 0.717) is 17.9 Å². The maximum absolute atomic E-state index is 12.5. The van der Waals surface area contributed by atoms with Crippen molar-refractivity contribution in [1.82, 2.24) is 5.16 Å². The van der Waals surface area contributed by atoms with Crippen molar-refractivity contribution < 1.29 is 18.8 Å². The molecule has 0 fully saturated rings. The Kier molecular flexibility index (Phi) is 6.13. The molecular formula is C26H23NO4. The summed E-state index contributed by atoms with van der Waals surface area (Å²) in [7, 11) is 0. The highest BCUT2D eigenvalue weighted by atomic mass is 16.5. The highest BCUT2D eigenvalue weighted by Gasteiger charge is 2.12. The standard InChI is InChI=1S/C26H23NO4/c1-18-25(19(2)31-27-18)17-29-24-10-6-9-23(15-24)26(28)30-16-20-11-13-22(14-12-20)21-7-4-3-5-8-21/h3-15H,16-17H2,1-2H3. The molecule has 0 saturated heterocycles. The maximum atomic E-state index is 12.5. The second-order valence-electron chi connectivity index (χ2n) is 7.26. The van der Waals surface area contributed by atoms with Crippen LogP contribution in [0.1, 0.15) is 32.9 Å². The summed E-state index contributed by atoms with van der Waals surface area (Å²) in [5.41, 5.74) is 5.35. The zero-order valence-electron chi connectivity index (χ0n) is 17.5. The zero-order valence-corrected chi connectivity index (χ0v) is 17.5. The van der Waals surface area contributed by atoms with Gasteiger partial charge in [0.2, 0.25) is 0 Å². The Morgan fingerprint density at radius 3 is 2.32 bits per heavy atom. The topological polar surface area (TPSA) is 61.6 Å². The van der Waals surface area contributed by atoms with E-state index in [4.69, 9.17) is 14.0 Å². The largest absolute Gasteiger partial charge is 0.489 e. The van der Waals surface area contributed by atoms with Gasteiger partial charge in [-0.3, -0.25) is 0 Å². The van der Waals surface area contributed by atoms with E-state index in [1.807, 2.05) is 56.3 Å². The first-order chi connectivity index (χ1) is 15.1. The molecule has 1 heterocycles. The Labute approximate surface area is 181 Å². The molecule has 31 heavy (non-hydrogen) atoms. The van der Waals surface area contributed by atoms with Gasteiger partial charge >= 0.3 is 5.97 Å². The molecule has 0 radical (unpaired) electrons. The van der Waals surface area contributed by atoms with E-state index in [-0.39, 0.29) is 6.61 Å². The normalized spacial score (nSPS) is 10.6. The van der Waals surface area contributed by atoms with Crippen LogP contribution in [0.3, 0.4) is 0 Å². The molecule has 0 atom stereocenters. The van der Waals surface area contributed by atoms with Crippen molar-refractivity contribution in [1.29, 1.82) is 0 Å². The van der Waals surface area contributed by atoms with Crippen LogP contribution in [-0.4, -0.2) is 11.1 Å². The molecule has 1 aromatic heterocycles. The summed E-state index contributed by atoms with van der Waals surface area (Å²) in [4.78, 5) is 12.5. The minimum Gasteiger partial charge on any atom is -0.489 e. The van der Waals surface area contributed by atoms with Crippen molar-refractivity contribution >= 4 is 5.97 Å². The van der Waals surface area contributed by atoms with Crippen molar-refractivity contribution in [2.75, 3.05) is 0 Å². The van der Waals surface area contributed by atoms with Crippen LogP contribution in [0, 0.1) is 13.8 Å². The molecule has 5 heteroatoms. The summed E-state index contributed by atoms with van der Waals surface area (Å²) in [5.74, 6) is 0.919. The van der Waals surface area contributed by atoms with Crippen molar-refractivity contribution in [2.45, 2.75) is 27.1 Å². The molecule has 0 saturated carbocycles. The van der Waals surface area contributed by atoms with Gasteiger partial charge in [0, 0.05) is 0 Å². The highest BCUT2D eigenvalue weighted by Crippen LogP contribution is 2.21. The number of carbonyl (C=O) groups is 1. The Morgan fingerprint density at radius 2 is 1.61 bits per heavy atom.